The van der Waals surface area contributed by atoms with E-state index in [1.165, 1.54) is 12.1 Å². The molecule has 4 amide bonds. The van der Waals surface area contributed by atoms with Crippen molar-refractivity contribution in [2.24, 2.45) is 0 Å². The first-order chi connectivity index (χ1) is 43.0. The van der Waals surface area contributed by atoms with Gasteiger partial charge in [0.15, 0.2) is 0 Å². The van der Waals surface area contributed by atoms with Crippen LogP contribution in [-0.2, 0) is 73.7 Å². The SMILES string of the molecule is CC(C(=O)NF)c1ccccc1.CCOC(=O)CI.CCOC(=O)CI.CCOC(=O)CI.CCOC(=O)CI.CI.Cc1ccc(CC(=O)NF)cc1.Cc1ccc(S(=O)(=O)N2CC(C(=O)NF)c3ccccc32)cc1.O=C(NF)C1COc2ccccc21.[Ar].[Ar].[Ar].[Ar]. The fraction of sp³-hybridized carbons (Fsp3) is 0.367. The first-order valence-corrected chi connectivity index (χ1v) is 36.5. The second-order valence-electron chi connectivity index (χ2n) is 17.3. The number of carbonyl (C=O) groups excluding carboxylic acids is 8. The topological polar surface area (TPSA) is 268 Å². The number of nitrogens with zero attached hydrogens (tertiary/aromatic N) is 1. The Kier molecular flexibility index (Phi) is 72.3. The van der Waals surface area contributed by atoms with Crippen molar-refractivity contribution in [1.29, 1.82) is 0 Å². The van der Waals surface area contributed by atoms with Gasteiger partial charge in [0.05, 0.1) is 79.5 Å². The summed E-state index contributed by atoms with van der Waals surface area (Å²) in [5, 5.41) is 0. The molecule has 0 saturated heterocycles. The molecule has 4 N–H and O–H groups in total. The van der Waals surface area contributed by atoms with Crippen molar-refractivity contribution in [2.45, 2.75) is 77.5 Å². The van der Waals surface area contributed by atoms with Crippen LogP contribution in [0.4, 0.5) is 23.6 Å². The molecule has 5 aromatic carbocycles. The number of rotatable bonds is 16. The first kappa shape index (κ1) is 105. The third kappa shape index (κ3) is 44.3. The van der Waals surface area contributed by atoms with Crippen LogP contribution in [0.15, 0.2) is 132 Å². The van der Waals surface area contributed by atoms with Gasteiger partial charge in [0.25, 0.3) is 33.7 Å². The molecule has 34 heteroatoms. The van der Waals surface area contributed by atoms with E-state index in [9.17, 15) is 64.7 Å². The summed E-state index contributed by atoms with van der Waals surface area (Å²) in [6.07, 6.45) is 0.0940. The first-order valence-electron chi connectivity index (χ1n) is 26.8. The van der Waals surface area contributed by atoms with E-state index in [2.05, 4.69) is 41.5 Å². The predicted molar refractivity (Wildman–Crippen MR) is 378 cm³/mol. The minimum Gasteiger partial charge on any atom is -0.492 e. The standard InChI is InChI=1S/C16H15FN2O3S.C9H8FNO2.2C9H10FNO.4C4H7IO2.CH3I.4Ar/c1-11-6-8-12(9-7-11)23(21,22)19-10-14(16(20)18-17)13-4-2-3-5-15(13)19;10-11-9(12)7-5-13-8-4-2-1-3-6(7)8;1-7-2-4-8(5-3-7)6-9(12)11-10;1-7(9(12)11-10)8-5-3-2-4-6-8;4*1-2-7-4(6)3-5;1-2;;;;/h2-9,14H,10H2,1H3,(H,18,20);1-4,7H,5H2,(H,11,12);2-5H,6H2,1H3,(H,11,12);2-7H,1H3,(H,11,12);4*2-3H2,1H3;1H3;;;;. The number of alkyl halides is 5. The van der Waals surface area contributed by atoms with E-state index in [1.807, 2.05) is 158 Å². The summed E-state index contributed by atoms with van der Waals surface area (Å²) in [6.45, 7) is 14.7. The van der Waals surface area contributed by atoms with E-state index in [4.69, 9.17) is 4.74 Å². The Morgan fingerprint density at radius 1 is 0.532 bits per heavy atom. The number of fused-ring (bicyclic) bond motifs is 2. The third-order valence-electron chi connectivity index (χ3n) is 11.1. The maximum Gasteiger partial charge on any atom is 0.315 e. The van der Waals surface area contributed by atoms with E-state index in [0.717, 1.165) is 54.3 Å². The molecule has 2 aliphatic rings. The molecular formula is C60H74Ar4F4I5N5O15S. The van der Waals surface area contributed by atoms with Gasteiger partial charge in [0.1, 0.15) is 18.3 Å². The molecule has 0 aliphatic carbocycles. The number of amides is 4. The zero-order chi connectivity index (χ0) is 68.6. The molecule has 530 valence electrons. The van der Waals surface area contributed by atoms with Gasteiger partial charge in [-0.3, -0.25) is 42.7 Å². The fourth-order valence-corrected chi connectivity index (χ4v) is 9.26. The number of sulfonamides is 1. The van der Waals surface area contributed by atoms with Crippen molar-refractivity contribution >= 4 is 176 Å². The van der Waals surface area contributed by atoms with Crippen molar-refractivity contribution in [3.63, 3.8) is 0 Å². The summed E-state index contributed by atoms with van der Waals surface area (Å²) in [5.41, 5.74) is 9.80. The van der Waals surface area contributed by atoms with Crippen LogP contribution in [0.2, 0.25) is 0 Å². The predicted octanol–water partition coefficient (Wildman–Crippen LogP) is 11.8. The van der Waals surface area contributed by atoms with Crippen LogP contribution in [0.5, 0.6) is 5.75 Å². The molecule has 2 heterocycles. The van der Waals surface area contributed by atoms with Crippen LogP contribution < -0.4 is 31.2 Å². The second kappa shape index (κ2) is 64.9. The Morgan fingerprint density at radius 3 is 1.30 bits per heavy atom. The smallest absolute Gasteiger partial charge is 0.315 e. The van der Waals surface area contributed by atoms with Crippen LogP contribution in [0, 0.1) is 165 Å². The molecule has 0 aromatic heterocycles. The van der Waals surface area contributed by atoms with Gasteiger partial charge in [-0.1, -0.05) is 227 Å². The van der Waals surface area contributed by atoms with Crippen LogP contribution >= 0.6 is 113 Å². The van der Waals surface area contributed by atoms with E-state index in [0.29, 0.717) is 61.1 Å². The summed E-state index contributed by atoms with van der Waals surface area (Å²) in [4.78, 5) is 87.0. The van der Waals surface area contributed by atoms with Crippen molar-refractivity contribution in [1.82, 2.24) is 22.2 Å². The minimum absolute atomic E-state index is 0. The van der Waals surface area contributed by atoms with Gasteiger partial charge in [-0.05, 0) is 94.4 Å². The number of halogens is 9. The third-order valence-corrected chi connectivity index (χ3v) is 15.4. The summed E-state index contributed by atoms with van der Waals surface area (Å²) in [5.74, 6) is -4.41. The minimum atomic E-state index is -3.81. The largest absolute Gasteiger partial charge is 0.492 e. The summed E-state index contributed by atoms with van der Waals surface area (Å²) in [7, 11) is -3.81. The molecule has 3 unspecified atom stereocenters. The molecule has 2 aliphatic heterocycles. The number of carbonyl (C=O) groups is 8. The summed E-state index contributed by atoms with van der Waals surface area (Å²) in [6, 6.07) is 36.7. The van der Waals surface area contributed by atoms with Gasteiger partial charge in [-0.25, -0.2) is 8.42 Å². The van der Waals surface area contributed by atoms with Gasteiger partial charge in [-0.2, -0.15) is 22.2 Å². The molecule has 0 saturated carbocycles. The normalized spacial score (nSPS) is 12.1. The van der Waals surface area contributed by atoms with Crippen molar-refractivity contribution in [3.8, 4) is 5.75 Å². The van der Waals surface area contributed by atoms with E-state index in [-0.39, 0.29) is 199 Å². The zero-order valence-electron chi connectivity index (χ0n) is 51.9. The Balaban J connectivity index is -0.000000243. The quantitative estimate of drug-likeness (QED) is 0.0179. The van der Waals surface area contributed by atoms with Gasteiger partial charge in [-0.15, -0.1) is 17.9 Å². The average molecular weight is 2010 g/mol. The van der Waals surface area contributed by atoms with Crippen LogP contribution in [-0.4, -0.2) is 118 Å². The Morgan fingerprint density at radius 2 is 0.915 bits per heavy atom. The van der Waals surface area contributed by atoms with E-state index < -0.39 is 51.4 Å². The Labute approximate surface area is 735 Å². The van der Waals surface area contributed by atoms with Gasteiger partial charge in [0.2, 0.25) is 0 Å². The number of esters is 4. The number of nitrogens with one attached hydrogen (secondary N) is 4. The maximum atomic E-state index is 12.9. The number of anilines is 1. The van der Waals surface area contributed by atoms with Crippen LogP contribution in [0.3, 0.4) is 0 Å². The molecule has 20 nitrogen and oxygen atoms in total. The molecule has 3 atom stereocenters. The Hall–Kier alpha value is -0.181. The fourth-order valence-electron chi connectivity index (χ4n) is 6.87. The number of hydrogen-bond acceptors (Lipinski definition) is 15. The van der Waals surface area contributed by atoms with Crippen molar-refractivity contribution in [3.05, 3.63) is 161 Å². The number of aryl methyl sites for hydroxylation is 2. The van der Waals surface area contributed by atoms with E-state index >= 15 is 0 Å². The number of benzene rings is 5. The monoisotopic (exact) mass is 2010 g/mol. The molecule has 5 aromatic rings. The number of para-hydroxylation sites is 2. The van der Waals surface area contributed by atoms with Gasteiger partial charge >= 0.3 is 23.9 Å². The van der Waals surface area contributed by atoms with Crippen molar-refractivity contribution in [2.75, 3.05) is 66.5 Å². The molecule has 0 spiro atoms. The van der Waals surface area contributed by atoms with Gasteiger partial charge in [0, 0.05) is 157 Å². The average Bonchev–Trinajstić information content (AvgIpc) is 1.59. The number of ether oxygens (including phenoxy) is 5. The number of hydrogen-bond donors (Lipinski definition) is 4. The second-order valence-corrected chi connectivity index (χ2v) is 22.2. The molecule has 0 radical (unpaired) electrons. The zero-order valence-corrected chi connectivity index (χ0v) is 66.4. The Bertz CT molecular complexity index is 2980. The molecule has 0 fully saturated rings. The summed E-state index contributed by atoms with van der Waals surface area (Å²) >= 11 is 10.00. The molecule has 94 heavy (non-hydrogen) atoms. The molecular weight excluding hydrogens is 1930 g/mol. The summed E-state index contributed by atoms with van der Waals surface area (Å²) < 4.78 is 99.8. The van der Waals surface area contributed by atoms with Gasteiger partial charge < -0.3 is 23.7 Å². The maximum absolute atomic E-state index is 12.9. The van der Waals surface area contributed by atoms with Crippen LogP contribution in [0.25, 0.3) is 0 Å². The van der Waals surface area contributed by atoms with Crippen LogP contribution in [0.1, 0.15) is 85.8 Å². The van der Waals surface area contributed by atoms with E-state index in [1.54, 1.807) is 101 Å². The molecule has 0 bridgehead atoms. The van der Waals surface area contributed by atoms with Crippen molar-refractivity contribution < 1.29 is 239 Å². The molecule has 7 rings (SSSR count).